The van der Waals surface area contributed by atoms with Crippen LogP contribution in [-0.2, 0) is 0 Å². The number of hydrogen-bond acceptors (Lipinski definition) is 5. The van der Waals surface area contributed by atoms with Gasteiger partial charge in [-0.2, -0.15) is 0 Å². The Labute approximate surface area is 111 Å². The van der Waals surface area contributed by atoms with E-state index in [2.05, 4.69) is 5.16 Å². The lowest BCUT2D eigenvalue weighted by Gasteiger charge is -2.01. The van der Waals surface area contributed by atoms with Gasteiger partial charge >= 0.3 is 5.97 Å². The first-order valence-electron chi connectivity index (χ1n) is 5.05. The van der Waals surface area contributed by atoms with Crippen LogP contribution >= 0.6 is 11.6 Å². The van der Waals surface area contributed by atoms with Crippen molar-refractivity contribution in [2.24, 2.45) is 0 Å². The number of non-ortho nitro benzene ring substituents is 1. The molecule has 0 aliphatic rings. The average Bonchev–Trinajstić information content (AvgIpc) is 2.71. The van der Waals surface area contributed by atoms with Crippen molar-refractivity contribution in [2.45, 2.75) is 6.92 Å². The highest BCUT2D eigenvalue weighted by Gasteiger charge is 2.24. The second-order valence-electron chi connectivity index (χ2n) is 3.69. The van der Waals surface area contributed by atoms with E-state index in [4.69, 9.17) is 21.2 Å². The fraction of sp³-hybridized carbons (Fsp3) is 0.0909. The van der Waals surface area contributed by atoms with Gasteiger partial charge in [0, 0.05) is 17.7 Å². The summed E-state index contributed by atoms with van der Waals surface area (Å²) in [7, 11) is 0. The van der Waals surface area contributed by atoms with E-state index in [9.17, 15) is 14.9 Å². The molecule has 2 aromatic rings. The number of halogens is 1. The van der Waals surface area contributed by atoms with Crippen LogP contribution in [0.2, 0.25) is 5.02 Å². The van der Waals surface area contributed by atoms with E-state index in [1.165, 1.54) is 19.1 Å². The van der Waals surface area contributed by atoms with Crippen molar-refractivity contribution in [2.75, 3.05) is 0 Å². The number of carbonyl (C=O) groups is 1. The molecule has 2 rings (SSSR count). The van der Waals surface area contributed by atoms with Crippen LogP contribution in [0.4, 0.5) is 5.69 Å². The lowest BCUT2D eigenvalue weighted by Crippen LogP contribution is -2.00. The number of aryl methyl sites for hydroxylation is 1. The Balaban J connectivity index is 2.68. The van der Waals surface area contributed by atoms with Gasteiger partial charge in [-0.1, -0.05) is 16.8 Å². The standard InChI is InChI=1S/C11H7ClN2O5/c1-5-9(11(15)16)10(13-19-5)7-4-6(14(17)18)2-3-8(7)12/h2-4H,1H3,(H,15,16). The molecule has 7 nitrogen and oxygen atoms in total. The van der Waals surface area contributed by atoms with Gasteiger partial charge in [-0.15, -0.1) is 0 Å². The second kappa shape index (κ2) is 4.69. The number of carboxylic acids is 1. The van der Waals surface area contributed by atoms with Crippen molar-refractivity contribution in [3.8, 4) is 11.3 Å². The molecule has 0 aliphatic heterocycles. The van der Waals surface area contributed by atoms with E-state index in [-0.39, 0.29) is 33.3 Å². The van der Waals surface area contributed by atoms with E-state index in [1.807, 2.05) is 0 Å². The van der Waals surface area contributed by atoms with E-state index in [0.29, 0.717) is 0 Å². The van der Waals surface area contributed by atoms with E-state index >= 15 is 0 Å². The molecule has 8 heteroatoms. The van der Waals surface area contributed by atoms with Gasteiger partial charge in [-0.05, 0) is 13.0 Å². The third kappa shape index (κ3) is 2.27. The number of aromatic carboxylic acids is 1. The average molecular weight is 283 g/mol. The molecule has 1 N–H and O–H groups in total. The first kappa shape index (κ1) is 13.0. The highest BCUT2D eigenvalue weighted by Crippen LogP contribution is 2.33. The van der Waals surface area contributed by atoms with Crippen LogP contribution in [0.1, 0.15) is 16.1 Å². The Hall–Kier alpha value is -2.41. The molecule has 0 atom stereocenters. The summed E-state index contributed by atoms with van der Waals surface area (Å²) in [4.78, 5) is 21.2. The molecule has 0 amide bonds. The molecular formula is C11H7ClN2O5. The minimum Gasteiger partial charge on any atom is -0.477 e. The van der Waals surface area contributed by atoms with Gasteiger partial charge in [0.15, 0.2) is 0 Å². The van der Waals surface area contributed by atoms with Crippen LogP contribution in [0.5, 0.6) is 0 Å². The van der Waals surface area contributed by atoms with Gasteiger partial charge in [0.25, 0.3) is 5.69 Å². The maximum atomic E-state index is 11.1. The summed E-state index contributed by atoms with van der Waals surface area (Å²) in [6.45, 7) is 1.44. The number of nitrogens with zero attached hydrogens (tertiary/aromatic N) is 2. The summed E-state index contributed by atoms with van der Waals surface area (Å²) in [6.07, 6.45) is 0. The van der Waals surface area contributed by atoms with Gasteiger partial charge in [-0.25, -0.2) is 4.79 Å². The summed E-state index contributed by atoms with van der Waals surface area (Å²) in [6, 6.07) is 3.69. The van der Waals surface area contributed by atoms with Crippen molar-refractivity contribution in [1.82, 2.24) is 5.16 Å². The maximum Gasteiger partial charge on any atom is 0.341 e. The maximum absolute atomic E-state index is 11.1. The monoisotopic (exact) mass is 282 g/mol. The van der Waals surface area contributed by atoms with Crippen molar-refractivity contribution in [3.05, 3.63) is 44.7 Å². The fourth-order valence-corrected chi connectivity index (χ4v) is 1.82. The molecule has 0 fully saturated rings. The predicted octanol–water partition coefficient (Wildman–Crippen LogP) is 2.91. The Morgan fingerprint density at radius 3 is 2.79 bits per heavy atom. The van der Waals surface area contributed by atoms with Crippen LogP contribution in [-0.4, -0.2) is 21.2 Å². The zero-order valence-corrected chi connectivity index (χ0v) is 10.3. The van der Waals surface area contributed by atoms with Gasteiger partial charge in [-0.3, -0.25) is 10.1 Å². The Morgan fingerprint density at radius 1 is 1.53 bits per heavy atom. The molecule has 19 heavy (non-hydrogen) atoms. The highest BCUT2D eigenvalue weighted by molar-refractivity contribution is 6.33. The molecule has 0 aliphatic carbocycles. The number of nitro benzene ring substituents is 1. The second-order valence-corrected chi connectivity index (χ2v) is 4.10. The molecule has 0 spiro atoms. The molecule has 98 valence electrons. The van der Waals surface area contributed by atoms with Gasteiger partial charge in [0.05, 0.1) is 9.95 Å². The van der Waals surface area contributed by atoms with Crippen LogP contribution in [0.15, 0.2) is 22.7 Å². The third-order valence-electron chi connectivity index (χ3n) is 2.49. The first-order chi connectivity index (χ1) is 8.91. The number of rotatable bonds is 3. The van der Waals surface area contributed by atoms with Gasteiger partial charge in [0.1, 0.15) is 17.0 Å². The molecule has 1 aromatic carbocycles. The molecule has 0 unspecified atom stereocenters. The van der Waals surface area contributed by atoms with Gasteiger partial charge < -0.3 is 9.63 Å². The smallest absolute Gasteiger partial charge is 0.341 e. The topological polar surface area (TPSA) is 106 Å². The van der Waals surface area contributed by atoms with Crippen molar-refractivity contribution < 1.29 is 19.3 Å². The number of nitro groups is 1. The number of benzene rings is 1. The normalized spacial score (nSPS) is 10.4. The summed E-state index contributed by atoms with van der Waals surface area (Å²) in [5.74, 6) is -1.14. The lowest BCUT2D eigenvalue weighted by molar-refractivity contribution is -0.384. The quantitative estimate of drug-likeness (QED) is 0.685. The lowest BCUT2D eigenvalue weighted by atomic mass is 10.1. The minimum absolute atomic E-state index is 0.0290. The number of carboxylic acid groups (broad SMARTS) is 1. The summed E-state index contributed by atoms with van der Waals surface area (Å²) >= 11 is 5.92. The molecule has 0 radical (unpaired) electrons. The van der Waals surface area contributed by atoms with E-state index in [0.717, 1.165) is 6.07 Å². The zero-order valence-electron chi connectivity index (χ0n) is 9.58. The number of aromatic nitrogens is 1. The SMILES string of the molecule is Cc1onc(-c2cc([N+](=O)[O-])ccc2Cl)c1C(=O)O. The third-order valence-corrected chi connectivity index (χ3v) is 2.82. The summed E-state index contributed by atoms with van der Waals surface area (Å²) in [5.41, 5.74) is -0.261. The Kier molecular flexibility index (Phi) is 3.22. The molecular weight excluding hydrogens is 276 g/mol. The first-order valence-corrected chi connectivity index (χ1v) is 5.43. The molecule has 1 heterocycles. The Bertz CT molecular complexity index is 680. The highest BCUT2D eigenvalue weighted by atomic mass is 35.5. The number of hydrogen-bond donors (Lipinski definition) is 1. The Morgan fingerprint density at radius 2 is 2.21 bits per heavy atom. The predicted molar refractivity (Wildman–Crippen MR) is 65.3 cm³/mol. The largest absolute Gasteiger partial charge is 0.477 e. The fourth-order valence-electron chi connectivity index (χ4n) is 1.62. The van der Waals surface area contributed by atoms with Crippen molar-refractivity contribution in [3.63, 3.8) is 0 Å². The van der Waals surface area contributed by atoms with E-state index in [1.54, 1.807) is 0 Å². The van der Waals surface area contributed by atoms with E-state index < -0.39 is 10.9 Å². The minimum atomic E-state index is -1.24. The molecule has 1 aromatic heterocycles. The summed E-state index contributed by atoms with van der Waals surface area (Å²) < 4.78 is 4.81. The van der Waals surface area contributed by atoms with Crippen LogP contribution in [0.25, 0.3) is 11.3 Å². The molecule has 0 bridgehead atoms. The van der Waals surface area contributed by atoms with Crippen LogP contribution in [0, 0.1) is 17.0 Å². The van der Waals surface area contributed by atoms with Crippen molar-refractivity contribution >= 4 is 23.3 Å². The van der Waals surface area contributed by atoms with Crippen LogP contribution < -0.4 is 0 Å². The zero-order chi connectivity index (χ0) is 14.2. The molecule has 0 saturated heterocycles. The molecule has 0 saturated carbocycles. The summed E-state index contributed by atoms with van der Waals surface area (Å²) in [5, 5.41) is 23.6. The van der Waals surface area contributed by atoms with Gasteiger partial charge in [0.2, 0.25) is 0 Å². The van der Waals surface area contributed by atoms with Crippen molar-refractivity contribution in [1.29, 1.82) is 0 Å². The van der Waals surface area contributed by atoms with Crippen LogP contribution in [0.3, 0.4) is 0 Å².